The van der Waals surface area contributed by atoms with Crippen LogP contribution in [0.2, 0.25) is 0 Å². The van der Waals surface area contributed by atoms with E-state index in [4.69, 9.17) is 14.2 Å². The average Bonchev–Trinajstić information content (AvgIpc) is 2.88. The van der Waals surface area contributed by atoms with E-state index in [1.54, 1.807) is 30.3 Å². The summed E-state index contributed by atoms with van der Waals surface area (Å²) in [4.78, 5) is 11.7. The number of carbonyl (C=O) groups excluding carboxylic acids is 1. The summed E-state index contributed by atoms with van der Waals surface area (Å²) in [6.07, 6.45) is 0. The summed E-state index contributed by atoms with van der Waals surface area (Å²) in [7, 11) is 0. The summed E-state index contributed by atoms with van der Waals surface area (Å²) in [5.41, 5.74) is 0.525. The minimum absolute atomic E-state index is 0.0537. The number of carbonyl (C=O) groups is 1. The number of hydrogen-bond acceptors (Lipinski definition) is 4. The van der Waals surface area contributed by atoms with E-state index < -0.39 is 0 Å². The van der Waals surface area contributed by atoms with Crippen LogP contribution in [-0.2, 0) is 0 Å². The number of halogens is 1. The number of ketones is 1. The van der Waals surface area contributed by atoms with Gasteiger partial charge in [-0.2, -0.15) is 0 Å². The van der Waals surface area contributed by atoms with Gasteiger partial charge in [0.1, 0.15) is 11.5 Å². The summed E-state index contributed by atoms with van der Waals surface area (Å²) < 4.78 is 17.1. The zero-order chi connectivity index (χ0) is 14.1. The minimum atomic E-state index is -0.0537. The predicted octanol–water partition coefficient (Wildman–Crippen LogP) is 4.17. The van der Waals surface area contributed by atoms with E-state index in [2.05, 4.69) is 15.9 Å². The van der Waals surface area contributed by atoms with Crippen LogP contribution < -0.4 is 14.2 Å². The molecule has 0 amide bonds. The Hall–Kier alpha value is -2.01. The van der Waals surface area contributed by atoms with Crippen LogP contribution in [0.25, 0.3) is 0 Å². The van der Waals surface area contributed by atoms with Gasteiger partial charge in [0, 0.05) is 10.5 Å². The van der Waals surface area contributed by atoms with Crippen LogP contribution in [0.1, 0.15) is 17.3 Å². The fraction of sp³-hybridized carbons (Fsp3) is 0.133. The van der Waals surface area contributed by atoms with E-state index in [0.29, 0.717) is 28.6 Å². The number of rotatable bonds is 3. The molecule has 1 heterocycles. The molecule has 0 spiro atoms. The van der Waals surface area contributed by atoms with Crippen molar-refractivity contribution in [1.29, 1.82) is 0 Å². The maximum absolute atomic E-state index is 11.7. The molecule has 2 aromatic rings. The Morgan fingerprint density at radius 3 is 2.75 bits per heavy atom. The maximum Gasteiger partial charge on any atom is 0.231 e. The lowest BCUT2D eigenvalue weighted by Gasteiger charge is -2.10. The van der Waals surface area contributed by atoms with E-state index in [1.807, 2.05) is 6.07 Å². The molecule has 0 unspecified atom stereocenters. The van der Waals surface area contributed by atoms with Gasteiger partial charge in [0.05, 0.1) is 5.56 Å². The van der Waals surface area contributed by atoms with Crippen molar-refractivity contribution < 1.29 is 19.0 Å². The fourth-order valence-electron chi connectivity index (χ4n) is 1.93. The largest absolute Gasteiger partial charge is 0.456 e. The van der Waals surface area contributed by atoms with E-state index in [1.165, 1.54) is 6.92 Å². The van der Waals surface area contributed by atoms with E-state index in [-0.39, 0.29) is 12.6 Å². The average molecular weight is 335 g/mol. The van der Waals surface area contributed by atoms with Crippen molar-refractivity contribution in [3.8, 4) is 23.0 Å². The molecule has 0 radical (unpaired) electrons. The number of fused-ring (bicyclic) bond motifs is 1. The topological polar surface area (TPSA) is 44.8 Å². The normalized spacial score (nSPS) is 12.3. The summed E-state index contributed by atoms with van der Waals surface area (Å²) in [6.45, 7) is 1.73. The second-order valence-electron chi connectivity index (χ2n) is 4.31. The van der Waals surface area contributed by atoms with Gasteiger partial charge in [-0.3, -0.25) is 4.79 Å². The molecular formula is C15H11BrO4. The van der Waals surface area contributed by atoms with Crippen molar-refractivity contribution in [3.05, 3.63) is 46.4 Å². The number of benzene rings is 2. The maximum atomic E-state index is 11.7. The molecular weight excluding hydrogens is 324 g/mol. The van der Waals surface area contributed by atoms with Gasteiger partial charge in [-0.25, -0.2) is 0 Å². The lowest BCUT2D eigenvalue weighted by Crippen LogP contribution is -1.97. The SMILES string of the molecule is CC(=O)c1cc(Br)ccc1Oc1ccc2c(c1)OCO2. The monoisotopic (exact) mass is 334 g/mol. The van der Waals surface area contributed by atoms with Crippen LogP contribution in [-0.4, -0.2) is 12.6 Å². The molecule has 1 aliphatic heterocycles. The summed E-state index contributed by atoms with van der Waals surface area (Å²) in [5.74, 6) is 2.39. The molecule has 0 fully saturated rings. The Balaban J connectivity index is 1.93. The van der Waals surface area contributed by atoms with Crippen molar-refractivity contribution in [3.63, 3.8) is 0 Å². The first-order valence-electron chi connectivity index (χ1n) is 6.01. The molecule has 0 bridgehead atoms. The third kappa shape index (κ3) is 2.49. The van der Waals surface area contributed by atoms with Crippen molar-refractivity contribution in [2.24, 2.45) is 0 Å². The highest BCUT2D eigenvalue weighted by Crippen LogP contribution is 2.37. The van der Waals surface area contributed by atoms with Crippen LogP contribution >= 0.6 is 15.9 Å². The molecule has 0 saturated carbocycles. The molecule has 0 atom stereocenters. The molecule has 4 nitrogen and oxygen atoms in total. The van der Waals surface area contributed by atoms with Crippen molar-refractivity contribution in [1.82, 2.24) is 0 Å². The zero-order valence-corrected chi connectivity index (χ0v) is 12.3. The molecule has 0 aromatic heterocycles. The van der Waals surface area contributed by atoms with Crippen LogP contribution in [0.15, 0.2) is 40.9 Å². The minimum Gasteiger partial charge on any atom is -0.456 e. The molecule has 5 heteroatoms. The molecule has 1 aliphatic rings. The van der Waals surface area contributed by atoms with Gasteiger partial charge in [0.25, 0.3) is 0 Å². The van der Waals surface area contributed by atoms with E-state index in [0.717, 1.165) is 4.47 Å². The van der Waals surface area contributed by atoms with Gasteiger partial charge in [0.15, 0.2) is 17.3 Å². The lowest BCUT2D eigenvalue weighted by molar-refractivity contribution is 0.101. The first-order valence-corrected chi connectivity index (χ1v) is 6.81. The highest BCUT2D eigenvalue weighted by molar-refractivity contribution is 9.10. The van der Waals surface area contributed by atoms with Crippen molar-refractivity contribution in [2.45, 2.75) is 6.92 Å². The predicted molar refractivity (Wildman–Crippen MR) is 76.8 cm³/mol. The Morgan fingerprint density at radius 2 is 1.95 bits per heavy atom. The quantitative estimate of drug-likeness (QED) is 0.790. The standard InChI is InChI=1S/C15H11BrO4/c1-9(17)12-6-10(16)2-4-13(12)20-11-3-5-14-15(7-11)19-8-18-14/h2-7H,8H2,1H3. The fourth-order valence-corrected chi connectivity index (χ4v) is 2.29. The Kier molecular flexibility index (Phi) is 3.36. The van der Waals surface area contributed by atoms with Gasteiger partial charge >= 0.3 is 0 Å². The van der Waals surface area contributed by atoms with Gasteiger partial charge < -0.3 is 14.2 Å². The molecule has 0 aliphatic carbocycles. The molecule has 3 rings (SSSR count). The molecule has 0 saturated heterocycles. The molecule has 2 aromatic carbocycles. The third-order valence-corrected chi connectivity index (χ3v) is 3.39. The van der Waals surface area contributed by atoms with Crippen LogP contribution in [0, 0.1) is 0 Å². The van der Waals surface area contributed by atoms with Crippen LogP contribution in [0.3, 0.4) is 0 Å². The Bertz CT molecular complexity index is 682. The highest BCUT2D eigenvalue weighted by atomic mass is 79.9. The summed E-state index contributed by atoms with van der Waals surface area (Å²) in [6, 6.07) is 10.6. The summed E-state index contributed by atoms with van der Waals surface area (Å²) in [5, 5.41) is 0. The third-order valence-electron chi connectivity index (χ3n) is 2.89. The number of ether oxygens (including phenoxy) is 3. The van der Waals surface area contributed by atoms with Crippen LogP contribution in [0.4, 0.5) is 0 Å². The first-order chi connectivity index (χ1) is 9.63. The number of Topliss-reactive ketones (excluding diaryl/α,β-unsaturated/α-hetero) is 1. The Labute approximate surface area is 124 Å². The first kappa shape index (κ1) is 13.0. The van der Waals surface area contributed by atoms with Gasteiger partial charge in [-0.05, 0) is 37.3 Å². The van der Waals surface area contributed by atoms with Crippen molar-refractivity contribution >= 4 is 21.7 Å². The van der Waals surface area contributed by atoms with E-state index >= 15 is 0 Å². The highest BCUT2D eigenvalue weighted by Gasteiger charge is 2.15. The van der Waals surface area contributed by atoms with Gasteiger partial charge in [-0.15, -0.1) is 0 Å². The lowest BCUT2D eigenvalue weighted by atomic mass is 10.1. The second kappa shape index (κ2) is 5.17. The zero-order valence-electron chi connectivity index (χ0n) is 10.7. The summed E-state index contributed by atoms with van der Waals surface area (Å²) >= 11 is 3.35. The van der Waals surface area contributed by atoms with Gasteiger partial charge in [0.2, 0.25) is 6.79 Å². The molecule has 0 N–H and O–H groups in total. The number of hydrogen-bond donors (Lipinski definition) is 0. The van der Waals surface area contributed by atoms with Crippen LogP contribution in [0.5, 0.6) is 23.0 Å². The Morgan fingerprint density at radius 1 is 1.15 bits per heavy atom. The van der Waals surface area contributed by atoms with E-state index in [9.17, 15) is 4.79 Å². The second-order valence-corrected chi connectivity index (χ2v) is 5.23. The van der Waals surface area contributed by atoms with Gasteiger partial charge in [-0.1, -0.05) is 15.9 Å². The smallest absolute Gasteiger partial charge is 0.231 e. The molecule has 102 valence electrons. The van der Waals surface area contributed by atoms with Crippen molar-refractivity contribution in [2.75, 3.05) is 6.79 Å². The molecule has 20 heavy (non-hydrogen) atoms.